The second-order valence-electron chi connectivity index (χ2n) is 6.84. The Balaban J connectivity index is 1.36. The standard InChI is InChI=1S/C20H23N5O/c1-15-8-10-21-19(22-15)16-4-6-17(7-5-16)23-20(26)25-13-9-18(14-25)24-11-2-3-12-24/h2-8,10,18H,9,11-14H2,1H3,(H,23,26)/t18-/m0/s1. The van der Waals surface area contributed by atoms with Crippen molar-refractivity contribution in [3.05, 3.63) is 54.4 Å². The highest BCUT2D eigenvalue weighted by Gasteiger charge is 2.30. The number of anilines is 1. The van der Waals surface area contributed by atoms with E-state index in [0.29, 0.717) is 11.9 Å². The number of amides is 2. The van der Waals surface area contributed by atoms with Crippen LogP contribution in [-0.4, -0.2) is 58.0 Å². The highest BCUT2D eigenvalue weighted by atomic mass is 16.2. The minimum Gasteiger partial charge on any atom is -0.323 e. The maximum atomic E-state index is 12.5. The Hall–Kier alpha value is -2.73. The monoisotopic (exact) mass is 349 g/mol. The lowest BCUT2D eigenvalue weighted by Crippen LogP contribution is -2.38. The lowest BCUT2D eigenvalue weighted by Gasteiger charge is -2.23. The fourth-order valence-corrected chi connectivity index (χ4v) is 3.51. The molecule has 0 radical (unpaired) electrons. The van der Waals surface area contributed by atoms with Gasteiger partial charge in [-0.05, 0) is 43.7 Å². The molecule has 2 aromatic rings. The molecular formula is C20H23N5O. The minimum atomic E-state index is -0.0285. The van der Waals surface area contributed by atoms with Gasteiger partial charge in [0, 0.05) is 55.4 Å². The topological polar surface area (TPSA) is 61.4 Å². The average molecular weight is 349 g/mol. The lowest BCUT2D eigenvalue weighted by atomic mass is 10.2. The molecule has 0 unspecified atom stereocenters. The number of nitrogens with one attached hydrogen (secondary N) is 1. The second kappa shape index (κ2) is 7.25. The van der Waals surface area contributed by atoms with Crippen LogP contribution in [0.3, 0.4) is 0 Å². The van der Waals surface area contributed by atoms with Gasteiger partial charge in [-0.3, -0.25) is 4.90 Å². The summed E-state index contributed by atoms with van der Waals surface area (Å²) in [4.78, 5) is 25.6. The summed E-state index contributed by atoms with van der Waals surface area (Å²) in [5.41, 5.74) is 2.66. The van der Waals surface area contributed by atoms with Gasteiger partial charge >= 0.3 is 6.03 Å². The molecule has 1 fully saturated rings. The molecule has 2 amide bonds. The SMILES string of the molecule is Cc1ccnc(-c2ccc(NC(=O)N3CC[C@H](N4CC=CC4)C3)cc2)n1. The Morgan fingerprint density at radius 1 is 1.15 bits per heavy atom. The molecule has 0 aliphatic carbocycles. The van der Waals surface area contributed by atoms with Crippen molar-refractivity contribution in [2.75, 3.05) is 31.5 Å². The molecule has 0 bridgehead atoms. The van der Waals surface area contributed by atoms with Crippen LogP contribution in [0.25, 0.3) is 11.4 Å². The Morgan fingerprint density at radius 2 is 1.92 bits per heavy atom. The van der Waals surface area contributed by atoms with Crippen molar-refractivity contribution < 1.29 is 4.79 Å². The predicted octanol–water partition coefficient (Wildman–Crippen LogP) is 2.93. The minimum absolute atomic E-state index is 0.0285. The first-order valence-corrected chi connectivity index (χ1v) is 9.04. The molecule has 0 saturated carbocycles. The molecule has 1 aromatic heterocycles. The van der Waals surface area contributed by atoms with E-state index in [9.17, 15) is 4.79 Å². The Labute approximate surface area is 153 Å². The molecule has 0 spiro atoms. The number of benzene rings is 1. The molecule has 6 heteroatoms. The van der Waals surface area contributed by atoms with Crippen LogP contribution in [0.1, 0.15) is 12.1 Å². The fourth-order valence-electron chi connectivity index (χ4n) is 3.51. The van der Waals surface area contributed by atoms with Gasteiger partial charge in [0.05, 0.1) is 0 Å². The summed E-state index contributed by atoms with van der Waals surface area (Å²) in [6, 6.07) is 9.99. The number of carbonyl (C=O) groups is 1. The lowest BCUT2D eigenvalue weighted by molar-refractivity contribution is 0.212. The maximum Gasteiger partial charge on any atom is 0.321 e. The van der Waals surface area contributed by atoms with Crippen molar-refractivity contribution in [3.8, 4) is 11.4 Å². The van der Waals surface area contributed by atoms with Crippen molar-refractivity contribution in [1.29, 1.82) is 0 Å². The summed E-state index contributed by atoms with van der Waals surface area (Å²) in [6.07, 6.45) is 7.19. The van der Waals surface area contributed by atoms with Crippen LogP contribution >= 0.6 is 0 Å². The van der Waals surface area contributed by atoms with Gasteiger partial charge in [0.25, 0.3) is 0 Å². The van der Waals surface area contributed by atoms with E-state index in [1.165, 1.54) is 0 Å². The zero-order valence-corrected chi connectivity index (χ0v) is 14.9. The average Bonchev–Trinajstić information content (AvgIpc) is 3.34. The summed E-state index contributed by atoms with van der Waals surface area (Å²) in [7, 11) is 0. The molecule has 2 aliphatic heterocycles. The fraction of sp³-hybridized carbons (Fsp3) is 0.350. The third kappa shape index (κ3) is 3.60. The first-order chi connectivity index (χ1) is 12.7. The van der Waals surface area contributed by atoms with Gasteiger partial charge in [-0.15, -0.1) is 0 Å². The zero-order chi connectivity index (χ0) is 17.9. The molecule has 1 aromatic carbocycles. The van der Waals surface area contributed by atoms with Gasteiger partial charge in [-0.25, -0.2) is 14.8 Å². The third-order valence-electron chi connectivity index (χ3n) is 5.00. The molecule has 4 rings (SSSR count). The molecule has 1 N–H and O–H groups in total. The van der Waals surface area contributed by atoms with Crippen molar-refractivity contribution in [2.45, 2.75) is 19.4 Å². The summed E-state index contributed by atoms with van der Waals surface area (Å²) in [5, 5.41) is 3.00. The van der Waals surface area contributed by atoms with Crippen LogP contribution in [0.4, 0.5) is 10.5 Å². The van der Waals surface area contributed by atoms with Gasteiger partial charge in [0.2, 0.25) is 0 Å². The van der Waals surface area contributed by atoms with Crippen LogP contribution < -0.4 is 5.32 Å². The van der Waals surface area contributed by atoms with E-state index in [2.05, 4.69) is 32.3 Å². The number of nitrogens with zero attached hydrogens (tertiary/aromatic N) is 4. The van der Waals surface area contributed by atoms with Gasteiger partial charge in [0.1, 0.15) is 0 Å². The van der Waals surface area contributed by atoms with Gasteiger partial charge in [-0.2, -0.15) is 0 Å². The molecular weight excluding hydrogens is 326 g/mol. The molecule has 2 aliphatic rings. The molecule has 1 atom stereocenters. The second-order valence-corrected chi connectivity index (χ2v) is 6.84. The van der Waals surface area contributed by atoms with Gasteiger partial charge in [0.15, 0.2) is 5.82 Å². The largest absolute Gasteiger partial charge is 0.323 e. The van der Waals surface area contributed by atoms with Crippen molar-refractivity contribution >= 4 is 11.7 Å². The third-order valence-corrected chi connectivity index (χ3v) is 5.00. The Morgan fingerprint density at radius 3 is 2.65 bits per heavy atom. The van der Waals surface area contributed by atoms with Crippen LogP contribution in [0, 0.1) is 6.92 Å². The smallest absolute Gasteiger partial charge is 0.321 e. The van der Waals surface area contributed by atoms with E-state index < -0.39 is 0 Å². The number of carbonyl (C=O) groups excluding carboxylic acids is 1. The van der Waals surface area contributed by atoms with Crippen LogP contribution in [-0.2, 0) is 0 Å². The predicted molar refractivity (Wildman–Crippen MR) is 102 cm³/mol. The zero-order valence-electron chi connectivity index (χ0n) is 14.9. The quantitative estimate of drug-likeness (QED) is 0.866. The van der Waals surface area contributed by atoms with E-state index >= 15 is 0 Å². The van der Waals surface area contributed by atoms with Gasteiger partial charge < -0.3 is 10.2 Å². The maximum absolute atomic E-state index is 12.5. The van der Waals surface area contributed by atoms with E-state index in [-0.39, 0.29) is 6.03 Å². The highest BCUT2D eigenvalue weighted by molar-refractivity contribution is 5.89. The van der Waals surface area contributed by atoms with Crippen molar-refractivity contribution in [3.63, 3.8) is 0 Å². The van der Waals surface area contributed by atoms with E-state index in [4.69, 9.17) is 0 Å². The van der Waals surface area contributed by atoms with Crippen molar-refractivity contribution in [2.24, 2.45) is 0 Å². The Kier molecular flexibility index (Phi) is 4.67. The Bertz CT molecular complexity index is 809. The number of aryl methyl sites for hydroxylation is 1. The molecule has 26 heavy (non-hydrogen) atoms. The van der Waals surface area contributed by atoms with Crippen LogP contribution in [0.5, 0.6) is 0 Å². The van der Waals surface area contributed by atoms with Crippen LogP contribution in [0.15, 0.2) is 48.7 Å². The number of likely N-dealkylation sites (tertiary alicyclic amines) is 1. The first-order valence-electron chi connectivity index (χ1n) is 9.04. The molecule has 1 saturated heterocycles. The number of hydrogen-bond acceptors (Lipinski definition) is 4. The summed E-state index contributed by atoms with van der Waals surface area (Å²) in [5.74, 6) is 0.699. The normalized spacial score (nSPS) is 19.9. The van der Waals surface area contributed by atoms with Crippen LogP contribution in [0.2, 0.25) is 0 Å². The number of rotatable bonds is 3. The first kappa shape index (κ1) is 16.7. The van der Waals surface area contributed by atoms with Gasteiger partial charge in [-0.1, -0.05) is 12.2 Å². The summed E-state index contributed by atoms with van der Waals surface area (Å²) < 4.78 is 0. The molecule has 134 valence electrons. The summed E-state index contributed by atoms with van der Waals surface area (Å²) in [6.45, 7) is 5.55. The van der Waals surface area contributed by atoms with Crippen molar-refractivity contribution in [1.82, 2.24) is 19.8 Å². The van der Waals surface area contributed by atoms with E-state index in [0.717, 1.165) is 49.5 Å². The number of aromatic nitrogens is 2. The van der Waals surface area contributed by atoms with E-state index in [1.807, 2.05) is 42.2 Å². The molecule has 6 nitrogen and oxygen atoms in total. The number of hydrogen-bond donors (Lipinski definition) is 1. The summed E-state index contributed by atoms with van der Waals surface area (Å²) >= 11 is 0. The number of urea groups is 1. The van der Waals surface area contributed by atoms with E-state index in [1.54, 1.807) is 6.20 Å². The highest BCUT2D eigenvalue weighted by Crippen LogP contribution is 2.21. The molecule has 3 heterocycles.